The number of carbonyl (C=O) groups is 1. The molecule has 33 heavy (non-hydrogen) atoms. The van der Waals surface area contributed by atoms with E-state index >= 15 is 0 Å². The molecule has 5 heteroatoms. The van der Waals surface area contributed by atoms with Crippen LogP contribution < -0.4 is 15.2 Å². The summed E-state index contributed by atoms with van der Waals surface area (Å²) in [5, 5.41) is 0. The van der Waals surface area contributed by atoms with E-state index in [0.717, 1.165) is 11.1 Å². The Labute approximate surface area is 194 Å². The number of rotatable bonds is 9. The predicted octanol–water partition coefficient (Wildman–Crippen LogP) is 4.06. The minimum atomic E-state index is -1.68. The molecular weight excluding hydrogens is 414 g/mol. The van der Waals surface area contributed by atoms with Crippen LogP contribution >= 0.6 is 0 Å². The van der Waals surface area contributed by atoms with Crippen molar-refractivity contribution in [2.24, 2.45) is 5.73 Å². The summed E-state index contributed by atoms with van der Waals surface area (Å²) in [6, 6.07) is 20.2. The second-order valence-electron chi connectivity index (χ2n) is 7.30. The first-order chi connectivity index (χ1) is 16.0. The lowest BCUT2D eigenvalue weighted by Crippen LogP contribution is -2.45. The van der Waals surface area contributed by atoms with E-state index in [1.807, 2.05) is 55.5 Å². The molecule has 3 rings (SSSR count). The second-order valence-corrected chi connectivity index (χ2v) is 7.30. The fourth-order valence-corrected chi connectivity index (χ4v) is 3.74. The van der Waals surface area contributed by atoms with Crippen molar-refractivity contribution in [1.82, 2.24) is 0 Å². The van der Waals surface area contributed by atoms with Gasteiger partial charge in [0.25, 0.3) is 5.91 Å². The zero-order chi connectivity index (χ0) is 23.8. The Bertz CT molecular complexity index is 1200. The lowest BCUT2D eigenvalue weighted by atomic mass is 9.80. The van der Waals surface area contributed by atoms with Crippen molar-refractivity contribution in [2.45, 2.75) is 12.5 Å². The zero-order valence-corrected chi connectivity index (χ0v) is 18.6. The number of ether oxygens (including phenoxy) is 3. The number of benzene rings is 3. The number of hydrogen-bond donors (Lipinski definition) is 1. The predicted molar refractivity (Wildman–Crippen MR) is 129 cm³/mol. The molecule has 0 fully saturated rings. The summed E-state index contributed by atoms with van der Waals surface area (Å²) >= 11 is 0. The highest BCUT2D eigenvalue weighted by atomic mass is 16.5. The Morgan fingerprint density at radius 3 is 2.21 bits per heavy atom. The van der Waals surface area contributed by atoms with Crippen molar-refractivity contribution < 1.29 is 19.0 Å². The topological polar surface area (TPSA) is 70.8 Å². The SMILES string of the molecule is C#CCOc1ccc(-c2cccc(OC)c2C(OCC#C)(C(N)=O)c2ccc(C)cc2)cc1. The van der Waals surface area contributed by atoms with E-state index in [-0.39, 0.29) is 13.2 Å². The van der Waals surface area contributed by atoms with Gasteiger partial charge in [-0.05, 0) is 41.8 Å². The molecule has 1 unspecified atom stereocenters. The van der Waals surface area contributed by atoms with Crippen LogP contribution in [0.15, 0.2) is 66.7 Å². The molecule has 0 spiro atoms. The summed E-state index contributed by atoms with van der Waals surface area (Å²) in [4.78, 5) is 13.2. The molecule has 166 valence electrons. The van der Waals surface area contributed by atoms with E-state index in [0.29, 0.717) is 28.2 Å². The maximum absolute atomic E-state index is 13.2. The van der Waals surface area contributed by atoms with Gasteiger partial charge in [0.2, 0.25) is 5.60 Å². The fourth-order valence-electron chi connectivity index (χ4n) is 3.74. The van der Waals surface area contributed by atoms with E-state index in [2.05, 4.69) is 11.8 Å². The molecule has 0 heterocycles. The zero-order valence-electron chi connectivity index (χ0n) is 18.6. The first-order valence-electron chi connectivity index (χ1n) is 10.3. The Hall–Kier alpha value is -4.19. The summed E-state index contributed by atoms with van der Waals surface area (Å²) in [5.74, 6) is 5.25. The molecule has 0 saturated heterocycles. The number of amides is 1. The largest absolute Gasteiger partial charge is 0.496 e. The first-order valence-corrected chi connectivity index (χ1v) is 10.3. The van der Waals surface area contributed by atoms with E-state index in [4.69, 9.17) is 32.8 Å². The van der Waals surface area contributed by atoms with Crippen LogP contribution in [0.2, 0.25) is 0 Å². The van der Waals surface area contributed by atoms with Gasteiger partial charge in [0.1, 0.15) is 24.7 Å². The van der Waals surface area contributed by atoms with Gasteiger partial charge in [-0.15, -0.1) is 12.8 Å². The van der Waals surface area contributed by atoms with Gasteiger partial charge in [-0.25, -0.2) is 0 Å². The molecule has 3 aromatic rings. The van der Waals surface area contributed by atoms with Crippen molar-refractivity contribution in [3.8, 4) is 47.3 Å². The molecule has 0 radical (unpaired) electrons. The second kappa shape index (κ2) is 10.4. The highest BCUT2D eigenvalue weighted by Crippen LogP contribution is 2.45. The third-order valence-corrected chi connectivity index (χ3v) is 5.26. The van der Waals surface area contributed by atoms with E-state index in [1.54, 1.807) is 18.2 Å². The summed E-state index contributed by atoms with van der Waals surface area (Å²) in [7, 11) is 1.53. The van der Waals surface area contributed by atoms with E-state index in [1.165, 1.54) is 7.11 Å². The minimum absolute atomic E-state index is 0.132. The van der Waals surface area contributed by atoms with Gasteiger partial charge in [0, 0.05) is 5.56 Å². The van der Waals surface area contributed by atoms with Crippen LogP contribution in [0.5, 0.6) is 11.5 Å². The van der Waals surface area contributed by atoms with Crippen LogP contribution in [0.3, 0.4) is 0 Å². The van der Waals surface area contributed by atoms with Crippen molar-refractivity contribution in [2.75, 3.05) is 20.3 Å². The molecule has 1 amide bonds. The molecule has 0 bridgehead atoms. The van der Waals surface area contributed by atoms with Gasteiger partial charge in [-0.1, -0.05) is 65.9 Å². The van der Waals surface area contributed by atoms with Crippen molar-refractivity contribution in [3.05, 3.63) is 83.4 Å². The van der Waals surface area contributed by atoms with Gasteiger partial charge in [-0.3, -0.25) is 4.79 Å². The number of nitrogens with two attached hydrogens (primary N) is 1. The first kappa shape index (κ1) is 23.5. The smallest absolute Gasteiger partial charge is 0.259 e. The van der Waals surface area contributed by atoms with Crippen molar-refractivity contribution in [1.29, 1.82) is 0 Å². The molecular formula is C28H25NO4. The number of hydrogen-bond acceptors (Lipinski definition) is 4. The maximum atomic E-state index is 13.2. The Morgan fingerprint density at radius 1 is 0.970 bits per heavy atom. The summed E-state index contributed by atoms with van der Waals surface area (Å²) in [6.45, 7) is 1.99. The van der Waals surface area contributed by atoms with Crippen LogP contribution in [-0.2, 0) is 15.1 Å². The standard InChI is InChI=1S/C28H25NO4/c1-5-18-32-23-16-12-21(13-17-23)24-8-7-9-25(31-4)26(24)28(27(29)30,33-19-6-2)22-14-10-20(3)11-15-22/h1-2,7-17H,18-19H2,3-4H3,(H2,29,30). The lowest BCUT2D eigenvalue weighted by molar-refractivity contribution is -0.138. The molecule has 5 nitrogen and oxygen atoms in total. The third-order valence-electron chi connectivity index (χ3n) is 5.26. The van der Waals surface area contributed by atoms with Gasteiger partial charge >= 0.3 is 0 Å². The van der Waals surface area contributed by atoms with Gasteiger partial charge in [0.05, 0.1) is 7.11 Å². The molecule has 3 aromatic carbocycles. The lowest BCUT2D eigenvalue weighted by Gasteiger charge is -2.34. The van der Waals surface area contributed by atoms with Gasteiger partial charge < -0.3 is 19.9 Å². The van der Waals surface area contributed by atoms with Gasteiger partial charge in [0.15, 0.2) is 0 Å². The Balaban J connectivity index is 2.30. The average Bonchev–Trinajstić information content (AvgIpc) is 2.84. The number of methoxy groups -OCH3 is 1. The van der Waals surface area contributed by atoms with Crippen molar-refractivity contribution in [3.63, 3.8) is 0 Å². The third kappa shape index (κ3) is 4.70. The molecule has 0 aliphatic rings. The Morgan fingerprint density at radius 2 is 1.64 bits per heavy atom. The number of aryl methyl sites for hydroxylation is 1. The van der Waals surface area contributed by atoms with E-state index < -0.39 is 11.5 Å². The minimum Gasteiger partial charge on any atom is -0.496 e. The van der Waals surface area contributed by atoms with Crippen LogP contribution in [0.4, 0.5) is 0 Å². The monoisotopic (exact) mass is 439 g/mol. The highest BCUT2D eigenvalue weighted by molar-refractivity contribution is 5.93. The number of terminal acetylenes is 2. The van der Waals surface area contributed by atoms with Crippen molar-refractivity contribution >= 4 is 5.91 Å². The summed E-state index contributed by atoms with van der Waals surface area (Å²) < 4.78 is 17.3. The highest BCUT2D eigenvalue weighted by Gasteiger charge is 2.46. The molecule has 0 aliphatic heterocycles. The normalized spacial score (nSPS) is 12.1. The van der Waals surface area contributed by atoms with Crippen LogP contribution in [-0.4, -0.2) is 26.2 Å². The summed E-state index contributed by atoms with van der Waals surface area (Å²) in [6.07, 6.45) is 10.8. The fraction of sp³-hybridized carbons (Fsp3) is 0.179. The quantitative estimate of drug-likeness (QED) is 0.511. The van der Waals surface area contributed by atoms with Crippen LogP contribution in [0.1, 0.15) is 16.7 Å². The molecule has 0 saturated carbocycles. The van der Waals surface area contributed by atoms with Crippen LogP contribution in [0, 0.1) is 31.6 Å². The molecule has 1 atom stereocenters. The molecule has 0 aliphatic carbocycles. The molecule has 2 N–H and O–H groups in total. The average molecular weight is 440 g/mol. The Kier molecular flexibility index (Phi) is 7.41. The maximum Gasteiger partial charge on any atom is 0.259 e. The summed E-state index contributed by atoms with van der Waals surface area (Å²) in [5.41, 5.74) is 7.91. The number of primary amides is 1. The number of carbonyl (C=O) groups excluding carboxylic acids is 1. The van der Waals surface area contributed by atoms with Gasteiger partial charge in [-0.2, -0.15) is 0 Å². The van der Waals surface area contributed by atoms with E-state index in [9.17, 15) is 4.79 Å². The van der Waals surface area contributed by atoms with Crippen LogP contribution in [0.25, 0.3) is 11.1 Å². The molecule has 0 aromatic heterocycles.